The van der Waals surface area contributed by atoms with E-state index in [1.165, 1.54) is 14.0 Å². The minimum absolute atomic E-state index is 0.0568. The van der Waals surface area contributed by atoms with E-state index in [1.807, 2.05) is 0 Å². The van der Waals surface area contributed by atoms with Crippen molar-refractivity contribution in [2.24, 2.45) is 0 Å². The van der Waals surface area contributed by atoms with E-state index in [2.05, 4.69) is 0 Å². The van der Waals surface area contributed by atoms with Crippen LogP contribution in [0.2, 0.25) is 0 Å². The minimum Gasteiger partial charge on any atom is -0.462 e. The van der Waals surface area contributed by atoms with E-state index in [0.29, 0.717) is 10.8 Å². The maximum atomic E-state index is 13.9. The smallest absolute Gasteiger partial charge is 0.362 e. The molecule has 0 aliphatic carbocycles. The second-order valence-corrected chi connectivity index (χ2v) is 8.00. The molecule has 11 nitrogen and oxygen atoms in total. The largest absolute Gasteiger partial charge is 0.462 e. The van der Waals surface area contributed by atoms with Crippen LogP contribution in [0.1, 0.15) is 27.2 Å². The van der Waals surface area contributed by atoms with Gasteiger partial charge in [-0.15, -0.1) is 0 Å². The standard InChI is InChI=1S/C15H23FN3O8P/c1-5-24-13(21)15(19-9-10(16)12(20)17-14(19)22)8-11(18(4)27-15)28(23,25-6-2)26-7-3/h9,11H,5-8H2,1-4H3,(H,17,20,22)/t11-,15-/m0/s1. The number of esters is 1. The van der Waals surface area contributed by atoms with E-state index >= 15 is 0 Å². The summed E-state index contributed by atoms with van der Waals surface area (Å²) in [4.78, 5) is 43.8. The number of carbonyl (C=O) groups excluding carboxylic acids is 1. The molecule has 1 aliphatic heterocycles. The highest BCUT2D eigenvalue weighted by molar-refractivity contribution is 7.54. The molecule has 2 rings (SSSR count). The number of nitrogens with zero attached hydrogens (tertiary/aromatic N) is 2. The molecule has 1 fully saturated rings. The minimum atomic E-state index is -3.81. The first-order valence-electron chi connectivity index (χ1n) is 8.65. The summed E-state index contributed by atoms with van der Waals surface area (Å²) in [5.74, 6) is -3.44. The highest BCUT2D eigenvalue weighted by atomic mass is 31.2. The number of aromatic nitrogens is 2. The number of aromatic amines is 1. The lowest BCUT2D eigenvalue weighted by molar-refractivity contribution is -0.235. The van der Waals surface area contributed by atoms with Gasteiger partial charge < -0.3 is 13.8 Å². The van der Waals surface area contributed by atoms with Crippen LogP contribution in [0.5, 0.6) is 0 Å². The predicted octanol–water partition coefficient (Wildman–Crippen LogP) is 0.751. The summed E-state index contributed by atoms with van der Waals surface area (Å²) in [6.45, 7) is 4.81. The van der Waals surface area contributed by atoms with Crippen LogP contribution in [0.25, 0.3) is 0 Å². The van der Waals surface area contributed by atoms with Crippen LogP contribution >= 0.6 is 7.60 Å². The average Bonchev–Trinajstić information content (AvgIpc) is 2.98. The molecule has 2 atom stereocenters. The molecule has 1 aromatic rings. The molecule has 0 spiro atoms. The van der Waals surface area contributed by atoms with E-state index in [4.69, 9.17) is 18.6 Å². The van der Waals surface area contributed by atoms with Crippen molar-refractivity contribution in [3.05, 3.63) is 32.9 Å². The van der Waals surface area contributed by atoms with E-state index < -0.39 is 48.6 Å². The van der Waals surface area contributed by atoms with Gasteiger partial charge in [-0.3, -0.25) is 23.7 Å². The summed E-state index contributed by atoms with van der Waals surface area (Å²) in [5, 5.41) is 1.05. The van der Waals surface area contributed by atoms with Crippen LogP contribution in [0.15, 0.2) is 15.8 Å². The van der Waals surface area contributed by atoms with Crippen LogP contribution in [-0.2, 0) is 33.7 Å². The fourth-order valence-corrected chi connectivity index (χ4v) is 4.97. The lowest BCUT2D eigenvalue weighted by atomic mass is 10.1. The molecule has 1 aliphatic rings. The second kappa shape index (κ2) is 8.66. The zero-order chi connectivity index (χ0) is 21.1. The van der Waals surface area contributed by atoms with Crippen molar-refractivity contribution in [3.63, 3.8) is 0 Å². The fourth-order valence-electron chi connectivity index (χ4n) is 2.91. The van der Waals surface area contributed by atoms with Crippen molar-refractivity contribution in [2.75, 3.05) is 26.9 Å². The third kappa shape index (κ3) is 3.96. The van der Waals surface area contributed by atoms with Crippen molar-refractivity contribution < 1.29 is 32.4 Å². The molecule has 0 saturated carbocycles. The summed E-state index contributed by atoms with van der Waals surface area (Å²) < 4.78 is 43.3. The number of ether oxygens (including phenoxy) is 1. The Morgan fingerprint density at radius 1 is 1.32 bits per heavy atom. The molecule has 1 aromatic heterocycles. The third-order valence-electron chi connectivity index (χ3n) is 4.04. The Morgan fingerprint density at radius 2 is 1.93 bits per heavy atom. The first-order valence-corrected chi connectivity index (χ1v) is 10.3. The predicted molar refractivity (Wildman–Crippen MR) is 94.0 cm³/mol. The summed E-state index contributed by atoms with van der Waals surface area (Å²) in [7, 11) is -2.44. The fraction of sp³-hybridized carbons (Fsp3) is 0.667. The lowest BCUT2D eigenvalue weighted by Gasteiger charge is -2.27. The summed E-state index contributed by atoms with van der Waals surface area (Å²) in [6, 6.07) is 0. The molecule has 0 unspecified atom stereocenters. The zero-order valence-electron chi connectivity index (χ0n) is 16.0. The average molecular weight is 423 g/mol. The van der Waals surface area contributed by atoms with Crippen molar-refractivity contribution >= 4 is 13.6 Å². The van der Waals surface area contributed by atoms with Gasteiger partial charge in [-0.1, -0.05) is 0 Å². The number of rotatable bonds is 8. The summed E-state index contributed by atoms with van der Waals surface area (Å²) in [5.41, 5.74) is -4.56. The van der Waals surface area contributed by atoms with Crippen molar-refractivity contribution in [1.29, 1.82) is 0 Å². The molecule has 0 radical (unpaired) electrons. The van der Waals surface area contributed by atoms with Crippen LogP contribution in [0.3, 0.4) is 0 Å². The molecule has 13 heteroatoms. The van der Waals surface area contributed by atoms with Crippen LogP contribution in [0.4, 0.5) is 4.39 Å². The second-order valence-electron chi connectivity index (χ2n) is 5.81. The number of hydrogen-bond acceptors (Lipinski definition) is 9. The Morgan fingerprint density at radius 3 is 2.46 bits per heavy atom. The molecule has 1 N–H and O–H groups in total. The maximum Gasteiger partial charge on any atom is 0.362 e. The number of H-pyrrole nitrogens is 1. The first kappa shape index (κ1) is 22.4. The van der Waals surface area contributed by atoms with Gasteiger partial charge >= 0.3 is 19.3 Å². The van der Waals surface area contributed by atoms with E-state index in [-0.39, 0.29) is 19.8 Å². The number of hydrogen-bond donors (Lipinski definition) is 1. The number of hydroxylamine groups is 2. The topological polar surface area (TPSA) is 129 Å². The molecular formula is C15H23FN3O8P. The molecule has 158 valence electrons. The van der Waals surface area contributed by atoms with Crippen molar-refractivity contribution in [2.45, 2.75) is 38.7 Å². The van der Waals surface area contributed by atoms with Gasteiger partial charge in [-0.2, -0.15) is 9.45 Å². The van der Waals surface area contributed by atoms with Crippen LogP contribution < -0.4 is 11.2 Å². The highest BCUT2D eigenvalue weighted by Crippen LogP contribution is 2.59. The van der Waals surface area contributed by atoms with Crippen molar-refractivity contribution in [1.82, 2.24) is 14.6 Å². The first-order chi connectivity index (χ1) is 13.1. The molecule has 0 aromatic carbocycles. The molecule has 1 saturated heterocycles. The van der Waals surface area contributed by atoms with Gasteiger partial charge in [0.15, 0.2) is 0 Å². The van der Waals surface area contributed by atoms with Crippen LogP contribution in [0, 0.1) is 5.82 Å². The lowest BCUT2D eigenvalue weighted by Crippen LogP contribution is -2.51. The Labute approximate surface area is 159 Å². The number of nitrogens with one attached hydrogen (secondary N) is 1. The maximum absolute atomic E-state index is 13.9. The van der Waals surface area contributed by atoms with Gasteiger partial charge in [-0.05, 0) is 20.8 Å². The summed E-state index contributed by atoms with van der Waals surface area (Å²) in [6.07, 6.45) is 0.131. The van der Waals surface area contributed by atoms with E-state index in [9.17, 15) is 23.3 Å². The zero-order valence-corrected chi connectivity index (χ0v) is 16.9. The molecule has 28 heavy (non-hydrogen) atoms. The summed E-state index contributed by atoms with van der Waals surface area (Å²) >= 11 is 0. The van der Waals surface area contributed by atoms with Gasteiger partial charge in [0.25, 0.3) is 11.3 Å². The van der Waals surface area contributed by atoms with Crippen LogP contribution in [-0.4, -0.2) is 53.2 Å². The quantitative estimate of drug-likeness (QED) is 0.476. The molecule has 0 amide bonds. The number of halogens is 1. The molecular weight excluding hydrogens is 400 g/mol. The Hall–Kier alpha value is -1.85. The Balaban J connectivity index is 2.62. The normalized spacial score (nSPS) is 23.1. The molecule has 0 bridgehead atoms. The Bertz CT molecular complexity index is 877. The number of carbonyl (C=O) groups is 1. The third-order valence-corrected chi connectivity index (χ3v) is 6.51. The van der Waals surface area contributed by atoms with Crippen molar-refractivity contribution in [3.8, 4) is 0 Å². The van der Waals surface area contributed by atoms with E-state index in [1.54, 1.807) is 18.8 Å². The van der Waals surface area contributed by atoms with Gasteiger partial charge in [0.05, 0.1) is 26.0 Å². The van der Waals surface area contributed by atoms with Gasteiger partial charge in [-0.25, -0.2) is 9.59 Å². The van der Waals surface area contributed by atoms with Gasteiger partial charge in [0.2, 0.25) is 5.82 Å². The Kier molecular flexibility index (Phi) is 6.94. The van der Waals surface area contributed by atoms with Gasteiger partial charge in [0, 0.05) is 13.5 Å². The van der Waals surface area contributed by atoms with Gasteiger partial charge in [0.1, 0.15) is 5.78 Å². The monoisotopic (exact) mass is 423 g/mol. The van der Waals surface area contributed by atoms with E-state index in [0.717, 1.165) is 5.06 Å². The molecule has 2 heterocycles. The highest BCUT2D eigenvalue weighted by Gasteiger charge is 2.59. The SMILES string of the molecule is CCOC(=O)[C@]1(n2cc(F)c(=O)[nH]c2=O)C[C@H](P(=O)(OCC)OCC)N(C)O1.